The van der Waals surface area contributed by atoms with Gasteiger partial charge in [-0.1, -0.05) is 26.7 Å². The van der Waals surface area contributed by atoms with Gasteiger partial charge >= 0.3 is 0 Å². The van der Waals surface area contributed by atoms with Gasteiger partial charge in [-0.2, -0.15) is 0 Å². The van der Waals surface area contributed by atoms with Gasteiger partial charge in [-0.05, 0) is 49.2 Å². The standard InChI is InChI=1S/C24H29NO4/c1-4-6-14-25(15-7-5-2)18-10-8-17(9-11-18)24-23(27)22(26)20-13-12-19(28-3)16-21(20)29-24/h8-13,16,27H,4-7,14-15H2,1-3H3. The van der Waals surface area contributed by atoms with Crippen molar-refractivity contribution in [2.75, 3.05) is 25.1 Å². The highest BCUT2D eigenvalue weighted by Gasteiger charge is 2.16. The summed E-state index contributed by atoms with van der Waals surface area (Å²) in [6.07, 6.45) is 4.60. The van der Waals surface area contributed by atoms with E-state index in [1.165, 1.54) is 0 Å². The molecule has 0 bridgehead atoms. The van der Waals surface area contributed by atoms with Crippen LogP contribution in [0, 0.1) is 0 Å². The maximum Gasteiger partial charge on any atom is 0.235 e. The van der Waals surface area contributed by atoms with Crippen LogP contribution in [-0.2, 0) is 0 Å². The summed E-state index contributed by atoms with van der Waals surface area (Å²) in [6.45, 7) is 6.43. The summed E-state index contributed by atoms with van der Waals surface area (Å²) in [4.78, 5) is 15.0. The highest BCUT2D eigenvalue weighted by atomic mass is 16.5. The minimum absolute atomic E-state index is 0.177. The van der Waals surface area contributed by atoms with Crippen LogP contribution in [0.5, 0.6) is 11.5 Å². The number of unbranched alkanes of at least 4 members (excludes halogenated alkanes) is 2. The number of anilines is 1. The molecule has 0 saturated heterocycles. The summed E-state index contributed by atoms with van der Waals surface area (Å²) in [5, 5.41) is 10.8. The first kappa shape index (κ1) is 20.8. The van der Waals surface area contributed by atoms with Crippen molar-refractivity contribution in [3.63, 3.8) is 0 Å². The van der Waals surface area contributed by atoms with Gasteiger partial charge in [-0.25, -0.2) is 0 Å². The van der Waals surface area contributed by atoms with Crippen molar-refractivity contribution in [1.82, 2.24) is 0 Å². The Morgan fingerprint density at radius 3 is 2.24 bits per heavy atom. The summed E-state index contributed by atoms with van der Waals surface area (Å²) < 4.78 is 11.1. The third kappa shape index (κ3) is 4.56. The molecular weight excluding hydrogens is 366 g/mol. The van der Waals surface area contributed by atoms with Crippen molar-refractivity contribution >= 4 is 16.7 Å². The van der Waals surface area contributed by atoms with Crippen LogP contribution in [-0.4, -0.2) is 25.3 Å². The first-order valence-corrected chi connectivity index (χ1v) is 10.3. The molecule has 1 N–H and O–H groups in total. The van der Waals surface area contributed by atoms with E-state index in [4.69, 9.17) is 9.15 Å². The molecule has 0 amide bonds. The zero-order valence-corrected chi connectivity index (χ0v) is 17.4. The van der Waals surface area contributed by atoms with Crippen LogP contribution in [0.1, 0.15) is 39.5 Å². The molecular formula is C24H29NO4. The summed E-state index contributed by atoms with van der Waals surface area (Å²) in [7, 11) is 1.56. The van der Waals surface area contributed by atoms with Crippen molar-refractivity contribution in [3.05, 3.63) is 52.7 Å². The zero-order chi connectivity index (χ0) is 20.8. The van der Waals surface area contributed by atoms with Gasteiger partial charge < -0.3 is 19.2 Å². The van der Waals surface area contributed by atoms with Gasteiger partial charge in [0.1, 0.15) is 11.3 Å². The quantitative estimate of drug-likeness (QED) is 0.512. The number of nitrogens with zero attached hydrogens (tertiary/aromatic N) is 1. The number of rotatable bonds is 9. The highest BCUT2D eigenvalue weighted by molar-refractivity contribution is 5.83. The normalized spacial score (nSPS) is 11.0. The highest BCUT2D eigenvalue weighted by Crippen LogP contribution is 2.32. The minimum atomic E-state index is -0.444. The molecule has 5 heteroatoms. The van der Waals surface area contributed by atoms with Gasteiger partial charge in [0.05, 0.1) is 12.5 Å². The van der Waals surface area contributed by atoms with E-state index in [0.717, 1.165) is 44.5 Å². The maximum absolute atomic E-state index is 12.6. The molecule has 3 rings (SSSR count). The van der Waals surface area contributed by atoms with Crippen LogP contribution in [0.25, 0.3) is 22.3 Å². The number of ether oxygens (including phenoxy) is 1. The lowest BCUT2D eigenvalue weighted by atomic mass is 10.1. The molecule has 0 radical (unpaired) electrons. The summed E-state index contributed by atoms with van der Waals surface area (Å²) in [5.41, 5.74) is 1.75. The Bertz CT molecular complexity index is 1000. The smallest absolute Gasteiger partial charge is 0.235 e. The number of hydrogen-bond acceptors (Lipinski definition) is 5. The molecule has 0 aliphatic rings. The Labute approximate surface area is 171 Å². The molecule has 2 aromatic carbocycles. The van der Waals surface area contributed by atoms with Crippen molar-refractivity contribution in [2.45, 2.75) is 39.5 Å². The van der Waals surface area contributed by atoms with E-state index in [-0.39, 0.29) is 11.5 Å². The van der Waals surface area contributed by atoms with Crippen LogP contribution in [0.15, 0.2) is 51.7 Å². The first-order chi connectivity index (χ1) is 14.1. The second kappa shape index (κ2) is 9.50. The molecule has 0 aliphatic heterocycles. The van der Waals surface area contributed by atoms with Crippen LogP contribution < -0.4 is 15.1 Å². The van der Waals surface area contributed by atoms with Gasteiger partial charge in [0.25, 0.3) is 0 Å². The molecule has 29 heavy (non-hydrogen) atoms. The van der Waals surface area contributed by atoms with Gasteiger partial charge in [0.15, 0.2) is 5.76 Å². The molecule has 0 aliphatic carbocycles. The molecule has 154 valence electrons. The Hall–Kier alpha value is -2.95. The number of hydrogen-bond donors (Lipinski definition) is 1. The zero-order valence-electron chi connectivity index (χ0n) is 17.4. The number of benzene rings is 2. The Balaban J connectivity index is 1.97. The average molecular weight is 395 g/mol. The molecule has 0 unspecified atom stereocenters. The monoisotopic (exact) mass is 395 g/mol. The van der Waals surface area contributed by atoms with E-state index in [1.807, 2.05) is 24.3 Å². The number of fused-ring (bicyclic) bond motifs is 1. The van der Waals surface area contributed by atoms with Gasteiger partial charge in [-0.15, -0.1) is 0 Å². The summed E-state index contributed by atoms with van der Waals surface area (Å²) in [5.74, 6) is 0.398. The fraction of sp³-hybridized carbons (Fsp3) is 0.375. The minimum Gasteiger partial charge on any atom is -0.502 e. The van der Waals surface area contributed by atoms with E-state index in [9.17, 15) is 9.90 Å². The Kier molecular flexibility index (Phi) is 6.81. The van der Waals surface area contributed by atoms with E-state index >= 15 is 0 Å². The second-order valence-electron chi connectivity index (χ2n) is 7.21. The molecule has 0 fully saturated rings. The largest absolute Gasteiger partial charge is 0.502 e. The molecule has 1 heterocycles. The fourth-order valence-corrected chi connectivity index (χ4v) is 3.38. The van der Waals surface area contributed by atoms with Gasteiger partial charge in [0.2, 0.25) is 11.2 Å². The van der Waals surface area contributed by atoms with E-state index in [0.29, 0.717) is 22.3 Å². The maximum atomic E-state index is 12.6. The van der Waals surface area contributed by atoms with Crippen molar-refractivity contribution < 1.29 is 14.3 Å². The molecule has 0 spiro atoms. The Morgan fingerprint density at radius 2 is 1.66 bits per heavy atom. The lowest BCUT2D eigenvalue weighted by Crippen LogP contribution is -2.25. The van der Waals surface area contributed by atoms with Gasteiger partial charge in [0, 0.05) is 30.4 Å². The first-order valence-electron chi connectivity index (χ1n) is 10.3. The third-order valence-corrected chi connectivity index (χ3v) is 5.13. The van der Waals surface area contributed by atoms with E-state index < -0.39 is 5.43 Å². The lowest BCUT2D eigenvalue weighted by molar-refractivity contribution is 0.413. The predicted octanol–water partition coefficient (Wildman–Crippen LogP) is 5.58. The molecule has 0 atom stereocenters. The third-order valence-electron chi connectivity index (χ3n) is 5.13. The second-order valence-corrected chi connectivity index (χ2v) is 7.21. The van der Waals surface area contributed by atoms with Gasteiger partial charge in [-0.3, -0.25) is 4.79 Å². The molecule has 1 aromatic heterocycles. The van der Waals surface area contributed by atoms with Crippen molar-refractivity contribution in [3.8, 4) is 22.8 Å². The van der Waals surface area contributed by atoms with E-state index in [1.54, 1.807) is 25.3 Å². The molecule has 5 nitrogen and oxygen atoms in total. The van der Waals surface area contributed by atoms with Crippen LogP contribution in [0.2, 0.25) is 0 Å². The van der Waals surface area contributed by atoms with E-state index in [2.05, 4.69) is 18.7 Å². The topological polar surface area (TPSA) is 62.9 Å². The Morgan fingerprint density at radius 1 is 1.00 bits per heavy atom. The fourth-order valence-electron chi connectivity index (χ4n) is 3.38. The van der Waals surface area contributed by atoms with Crippen LogP contribution >= 0.6 is 0 Å². The van der Waals surface area contributed by atoms with Crippen molar-refractivity contribution in [2.24, 2.45) is 0 Å². The average Bonchev–Trinajstić information content (AvgIpc) is 2.76. The SMILES string of the molecule is CCCCN(CCCC)c1ccc(-c2oc3cc(OC)ccc3c(=O)c2O)cc1. The summed E-state index contributed by atoms with van der Waals surface area (Å²) >= 11 is 0. The number of aromatic hydroxyl groups is 1. The molecule has 0 saturated carbocycles. The predicted molar refractivity (Wildman–Crippen MR) is 118 cm³/mol. The molecule has 3 aromatic rings. The van der Waals surface area contributed by atoms with Crippen LogP contribution in [0.4, 0.5) is 5.69 Å². The number of methoxy groups -OCH3 is 1. The summed E-state index contributed by atoms with van der Waals surface area (Å²) in [6, 6.07) is 12.8. The lowest BCUT2D eigenvalue weighted by Gasteiger charge is -2.25. The van der Waals surface area contributed by atoms with Crippen LogP contribution in [0.3, 0.4) is 0 Å². The van der Waals surface area contributed by atoms with Crippen molar-refractivity contribution in [1.29, 1.82) is 0 Å².